The van der Waals surface area contributed by atoms with Crippen LogP contribution in [0.4, 0.5) is 0 Å². The van der Waals surface area contributed by atoms with Crippen molar-refractivity contribution in [1.29, 1.82) is 0 Å². The molecule has 0 atom stereocenters. The lowest BCUT2D eigenvalue weighted by Gasteiger charge is -2.08. The Morgan fingerprint density at radius 2 is 1.89 bits per heavy atom. The number of sulfone groups is 1. The van der Waals surface area contributed by atoms with Crippen LogP contribution in [0.25, 0.3) is 0 Å². The number of benzene rings is 1. The lowest BCUT2D eigenvalue weighted by atomic mass is 10.3. The number of pyridine rings is 1. The number of ether oxygens (including phenoxy) is 1. The smallest absolute Gasteiger partial charge is 0.224 e. The molecule has 0 aliphatic rings. The van der Waals surface area contributed by atoms with Crippen LogP contribution in [0.3, 0.4) is 0 Å². The monoisotopic (exact) mass is 279 g/mol. The Balaban J connectivity index is 2.25. The van der Waals surface area contributed by atoms with Gasteiger partial charge in [-0.3, -0.25) is 0 Å². The van der Waals surface area contributed by atoms with E-state index < -0.39 is 9.84 Å². The molecule has 2 aromatic rings. The number of aromatic nitrogens is 1. The molecule has 0 unspecified atom stereocenters. The normalized spacial score (nSPS) is 11.3. The third kappa shape index (κ3) is 3.30. The molecule has 0 fully saturated rings. The first-order valence-corrected chi connectivity index (χ1v) is 7.42. The van der Waals surface area contributed by atoms with Crippen molar-refractivity contribution < 1.29 is 18.3 Å². The highest BCUT2D eigenvalue weighted by Gasteiger charge is 2.08. The SMILES string of the molecule is CS(=O)(=O)c1ccc(Oc2ncccc2CO)cc1. The van der Waals surface area contributed by atoms with E-state index >= 15 is 0 Å². The molecule has 6 heteroatoms. The minimum absolute atomic E-state index is 0.176. The molecule has 100 valence electrons. The molecule has 0 radical (unpaired) electrons. The van der Waals surface area contributed by atoms with Crippen molar-refractivity contribution in [2.24, 2.45) is 0 Å². The summed E-state index contributed by atoms with van der Waals surface area (Å²) in [5, 5.41) is 9.15. The third-order valence-electron chi connectivity index (χ3n) is 2.49. The summed E-state index contributed by atoms with van der Waals surface area (Å²) in [6, 6.07) is 9.43. The van der Waals surface area contributed by atoms with Crippen LogP contribution in [0, 0.1) is 0 Å². The van der Waals surface area contributed by atoms with Crippen molar-refractivity contribution in [2.75, 3.05) is 6.26 Å². The van der Waals surface area contributed by atoms with Crippen LogP contribution in [0.5, 0.6) is 11.6 Å². The predicted octanol–water partition coefficient (Wildman–Crippen LogP) is 1.77. The van der Waals surface area contributed by atoms with Gasteiger partial charge in [-0.1, -0.05) is 0 Å². The molecular weight excluding hydrogens is 266 g/mol. The molecule has 1 N–H and O–H groups in total. The van der Waals surface area contributed by atoms with E-state index in [2.05, 4.69) is 4.98 Å². The molecule has 1 aromatic heterocycles. The Bertz CT molecular complexity index is 665. The molecule has 2 rings (SSSR count). The number of hydrogen-bond acceptors (Lipinski definition) is 5. The van der Waals surface area contributed by atoms with Gasteiger partial charge in [-0.05, 0) is 36.4 Å². The largest absolute Gasteiger partial charge is 0.439 e. The number of aliphatic hydroxyl groups excluding tert-OH is 1. The molecule has 0 bridgehead atoms. The van der Waals surface area contributed by atoms with Crippen molar-refractivity contribution in [3.05, 3.63) is 48.2 Å². The van der Waals surface area contributed by atoms with Crippen LogP contribution < -0.4 is 4.74 Å². The number of nitrogens with zero attached hydrogens (tertiary/aromatic N) is 1. The highest BCUT2D eigenvalue weighted by Crippen LogP contribution is 2.24. The summed E-state index contributed by atoms with van der Waals surface area (Å²) in [6.07, 6.45) is 2.70. The van der Waals surface area contributed by atoms with E-state index in [1.165, 1.54) is 12.1 Å². The van der Waals surface area contributed by atoms with Gasteiger partial charge in [0.05, 0.1) is 11.5 Å². The van der Waals surface area contributed by atoms with Crippen LogP contribution in [0.15, 0.2) is 47.5 Å². The average Bonchev–Trinajstić information content (AvgIpc) is 2.39. The van der Waals surface area contributed by atoms with Gasteiger partial charge < -0.3 is 9.84 Å². The van der Waals surface area contributed by atoms with Crippen LogP contribution in [-0.2, 0) is 16.4 Å². The van der Waals surface area contributed by atoms with E-state index in [4.69, 9.17) is 9.84 Å². The van der Waals surface area contributed by atoms with Gasteiger partial charge in [-0.2, -0.15) is 0 Å². The first kappa shape index (κ1) is 13.5. The second-order valence-electron chi connectivity index (χ2n) is 3.97. The molecular formula is C13H13NO4S. The third-order valence-corrected chi connectivity index (χ3v) is 3.62. The molecule has 0 saturated carbocycles. The predicted molar refractivity (Wildman–Crippen MR) is 69.8 cm³/mol. The van der Waals surface area contributed by atoms with Gasteiger partial charge in [0.2, 0.25) is 5.88 Å². The second kappa shape index (κ2) is 5.38. The minimum atomic E-state index is -3.22. The standard InChI is InChI=1S/C13H13NO4S/c1-19(16,17)12-6-4-11(5-7-12)18-13-10(9-15)3-2-8-14-13/h2-8,15H,9H2,1H3. The molecule has 1 heterocycles. The molecule has 0 spiro atoms. The maximum atomic E-state index is 11.3. The molecule has 5 nitrogen and oxygen atoms in total. The van der Waals surface area contributed by atoms with Crippen molar-refractivity contribution in [3.63, 3.8) is 0 Å². The van der Waals surface area contributed by atoms with Crippen molar-refractivity contribution in [1.82, 2.24) is 4.98 Å². The summed E-state index contributed by atoms with van der Waals surface area (Å²) in [7, 11) is -3.22. The Morgan fingerprint density at radius 3 is 2.47 bits per heavy atom. The van der Waals surface area contributed by atoms with Gasteiger partial charge in [0.1, 0.15) is 5.75 Å². The molecule has 1 aromatic carbocycles. The van der Waals surface area contributed by atoms with Gasteiger partial charge in [0.25, 0.3) is 0 Å². The summed E-state index contributed by atoms with van der Waals surface area (Å²) in [4.78, 5) is 4.24. The fourth-order valence-corrected chi connectivity index (χ4v) is 2.13. The highest BCUT2D eigenvalue weighted by atomic mass is 32.2. The van der Waals surface area contributed by atoms with Gasteiger partial charge in [-0.15, -0.1) is 0 Å². The van der Waals surface area contributed by atoms with Crippen LogP contribution in [-0.4, -0.2) is 24.8 Å². The van der Waals surface area contributed by atoms with E-state index in [0.717, 1.165) is 6.26 Å². The minimum Gasteiger partial charge on any atom is -0.439 e. The van der Waals surface area contributed by atoms with Gasteiger partial charge in [0.15, 0.2) is 9.84 Å². The lowest BCUT2D eigenvalue weighted by Crippen LogP contribution is -1.97. The van der Waals surface area contributed by atoms with Crippen LogP contribution in [0.2, 0.25) is 0 Å². The molecule has 19 heavy (non-hydrogen) atoms. The summed E-state index contributed by atoms with van der Waals surface area (Å²) in [6.45, 7) is -0.176. The zero-order chi connectivity index (χ0) is 13.9. The van der Waals surface area contributed by atoms with E-state index in [0.29, 0.717) is 17.2 Å². The van der Waals surface area contributed by atoms with Crippen LogP contribution >= 0.6 is 0 Å². The van der Waals surface area contributed by atoms with E-state index in [-0.39, 0.29) is 11.5 Å². The van der Waals surface area contributed by atoms with E-state index in [1.807, 2.05) is 0 Å². The number of aliphatic hydroxyl groups is 1. The molecule has 0 amide bonds. The van der Waals surface area contributed by atoms with Crippen molar-refractivity contribution in [3.8, 4) is 11.6 Å². The maximum absolute atomic E-state index is 11.3. The Labute approximate surface area is 111 Å². The van der Waals surface area contributed by atoms with Gasteiger partial charge >= 0.3 is 0 Å². The fraction of sp³-hybridized carbons (Fsp3) is 0.154. The summed E-state index contributed by atoms with van der Waals surface area (Å²) in [5.74, 6) is 0.762. The van der Waals surface area contributed by atoms with Crippen molar-refractivity contribution in [2.45, 2.75) is 11.5 Å². The quantitative estimate of drug-likeness (QED) is 0.923. The second-order valence-corrected chi connectivity index (χ2v) is 5.99. The highest BCUT2D eigenvalue weighted by molar-refractivity contribution is 7.90. The average molecular weight is 279 g/mol. The Kier molecular flexibility index (Phi) is 3.82. The van der Waals surface area contributed by atoms with E-state index in [1.54, 1.807) is 30.5 Å². The molecule has 0 aliphatic heterocycles. The first-order valence-electron chi connectivity index (χ1n) is 5.53. The summed E-state index contributed by atoms with van der Waals surface area (Å²) < 4.78 is 28.1. The first-order chi connectivity index (χ1) is 9.00. The number of hydrogen-bond donors (Lipinski definition) is 1. The lowest BCUT2D eigenvalue weighted by molar-refractivity contribution is 0.275. The summed E-state index contributed by atoms with van der Waals surface area (Å²) >= 11 is 0. The molecule has 0 saturated heterocycles. The topological polar surface area (TPSA) is 76.5 Å². The Morgan fingerprint density at radius 1 is 1.21 bits per heavy atom. The number of rotatable bonds is 4. The zero-order valence-corrected chi connectivity index (χ0v) is 11.1. The fourth-order valence-electron chi connectivity index (χ4n) is 1.50. The Hall–Kier alpha value is -1.92. The van der Waals surface area contributed by atoms with Crippen LogP contribution in [0.1, 0.15) is 5.56 Å². The molecule has 0 aliphatic carbocycles. The van der Waals surface area contributed by atoms with Gasteiger partial charge in [0, 0.05) is 18.0 Å². The van der Waals surface area contributed by atoms with Crippen molar-refractivity contribution >= 4 is 9.84 Å². The van der Waals surface area contributed by atoms with E-state index in [9.17, 15) is 8.42 Å². The summed E-state index contributed by atoms with van der Waals surface area (Å²) in [5.41, 5.74) is 0.565. The maximum Gasteiger partial charge on any atom is 0.224 e. The zero-order valence-electron chi connectivity index (χ0n) is 10.3. The van der Waals surface area contributed by atoms with Gasteiger partial charge in [-0.25, -0.2) is 13.4 Å².